The van der Waals surface area contributed by atoms with Gasteiger partial charge in [0, 0.05) is 17.0 Å². The van der Waals surface area contributed by atoms with Gasteiger partial charge in [-0.15, -0.1) is 0 Å². The number of ether oxygens (including phenoxy) is 1. The van der Waals surface area contributed by atoms with E-state index >= 15 is 0 Å². The second kappa shape index (κ2) is 6.35. The van der Waals surface area contributed by atoms with E-state index in [4.69, 9.17) is 20.9 Å². The SMILES string of the molecule is Clc1ccccc1-c1noc(C2CC2)c1CO[C@H]1C[C@H]2CC3C[C@@H](C1)C3C2. The summed E-state index contributed by atoms with van der Waals surface area (Å²) in [5.41, 5.74) is 2.96. The first-order valence-corrected chi connectivity index (χ1v) is 11.0. The smallest absolute Gasteiger partial charge is 0.145 e. The van der Waals surface area contributed by atoms with Crippen LogP contribution >= 0.6 is 11.6 Å². The molecule has 4 aliphatic carbocycles. The van der Waals surface area contributed by atoms with Gasteiger partial charge >= 0.3 is 0 Å². The number of nitrogens with zero attached hydrogens (tertiary/aromatic N) is 1. The minimum Gasteiger partial charge on any atom is -0.373 e. The summed E-state index contributed by atoms with van der Waals surface area (Å²) in [6, 6.07) is 7.91. The van der Waals surface area contributed by atoms with Gasteiger partial charge in [0.1, 0.15) is 11.5 Å². The summed E-state index contributed by atoms with van der Waals surface area (Å²) in [6.45, 7) is 0.605. The zero-order valence-corrected chi connectivity index (χ0v) is 16.3. The number of rotatable bonds is 5. The highest BCUT2D eigenvalue weighted by Crippen LogP contribution is 2.58. The highest BCUT2D eigenvalue weighted by atomic mass is 35.5. The van der Waals surface area contributed by atoms with E-state index in [9.17, 15) is 0 Å². The molecule has 1 aromatic carbocycles. The number of hydrogen-bond acceptors (Lipinski definition) is 3. The normalized spacial score (nSPS) is 34.3. The molecular formula is C23H26ClNO2. The van der Waals surface area contributed by atoms with E-state index in [-0.39, 0.29) is 0 Å². The molecule has 0 saturated heterocycles. The Hall–Kier alpha value is -1.32. The molecule has 1 heterocycles. The summed E-state index contributed by atoms with van der Waals surface area (Å²) in [5, 5.41) is 5.14. The van der Waals surface area contributed by atoms with E-state index in [1.807, 2.05) is 24.3 Å². The zero-order valence-electron chi connectivity index (χ0n) is 15.6. The third-order valence-corrected chi connectivity index (χ3v) is 7.91. The van der Waals surface area contributed by atoms with Crippen molar-refractivity contribution in [2.24, 2.45) is 23.7 Å². The van der Waals surface area contributed by atoms with Crippen LogP contribution in [0.15, 0.2) is 28.8 Å². The fourth-order valence-electron chi connectivity index (χ4n) is 6.09. The Morgan fingerprint density at radius 2 is 1.89 bits per heavy atom. The molecule has 4 heteroatoms. The Kier molecular flexibility index (Phi) is 3.91. The van der Waals surface area contributed by atoms with Gasteiger partial charge in [0.2, 0.25) is 0 Å². The lowest BCUT2D eigenvalue weighted by Crippen LogP contribution is -2.35. The van der Waals surface area contributed by atoms with Crippen LogP contribution in [-0.4, -0.2) is 11.3 Å². The van der Waals surface area contributed by atoms with Crippen LogP contribution in [0.3, 0.4) is 0 Å². The van der Waals surface area contributed by atoms with Crippen LogP contribution in [0.5, 0.6) is 0 Å². The van der Waals surface area contributed by atoms with E-state index in [0.29, 0.717) is 18.6 Å². The van der Waals surface area contributed by atoms with Gasteiger partial charge in [0.15, 0.2) is 0 Å². The highest BCUT2D eigenvalue weighted by Gasteiger charge is 2.50. The van der Waals surface area contributed by atoms with Crippen molar-refractivity contribution in [1.82, 2.24) is 5.16 Å². The largest absolute Gasteiger partial charge is 0.373 e. The molecule has 27 heavy (non-hydrogen) atoms. The van der Waals surface area contributed by atoms with Gasteiger partial charge in [0.05, 0.1) is 17.7 Å². The number of fused-ring (bicyclic) bond motifs is 1. The molecule has 2 aromatic rings. The van der Waals surface area contributed by atoms with E-state index in [2.05, 4.69) is 5.16 Å². The Balaban J connectivity index is 1.25. The highest BCUT2D eigenvalue weighted by molar-refractivity contribution is 6.33. The van der Waals surface area contributed by atoms with Crippen molar-refractivity contribution in [3.05, 3.63) is 40.6 Å². The third-order valence-electron chi connectivity index (χ3n) is 7.58. The average molecular weight is 384 g/mol. The van der Waals surface area contributed by atoms with Gasteiger partial charge in [-0.25, -0.2) is 0 Å². The first-order chi connectivity index (χ1) is 13.3. The van der Waals surface area contributed by atoms with Gasteiger partial charge in [-0.3, -0.25) is 0 Å². The molecule has 1 aromatic heterocycles. The fraction of sp³-hybridized carbons (Fsp3) is 0.609. The molecule has 4 saturated carbocycles. The summed E-state index contributed by atoms with van der Waals surface area (Å²) >= 11 is 6.45. The van der Waals surface area contributed by atoms with Gasteiger partial charge < -0.3 is 9.26 Å². The molecule has 0 N–H and O–H groups in total. The molecule has 2 unspecified atom stereocenters. The van der Waals surface area contributed by atoms with Crippen LogP contribution < -0.4 is 0 Å². The topological polar surface area (TPSA) is 35.3 Å². The molecule has 0 aliphatic heterocycles. The van der Waals surface area contributed by atoms with Gasteiger partial charge in [-0.1, -0.05) is 35.0 Å². The standard InChI is InChI=1S/C23H26ClNO2/c24-21-4-2-1-3-18(21)22-20(23(27-25-22)14-5-6-14)12-26-17-8-13-7-15-10-16(11-17)19(15)9-13/h1-4,13-17,19H,5-12H2/t13-,15?,16+,17+,19?/m1/s1. The second-order valence-electron chi connectivity index (χ2n) is 9.29. The Bertz CT molecular complexity index is 854. The molecular weight excluding hydrogens is 358 g/mol. The lowest BCUT2D eigenvalue weighted by Gasteiger charge is -2.42. The van der Waals surface area contributed by atoms with Crippen molar-refractivity contribution in [3.63, 3.8) is 0 Å². The summed E-state index contributed by atoms with van der Waals surface area (Å²) in [7, 11) is 0. The summed E-state index contributed by atoms with van der Waals surface area (Å²) in [6.07, 6.45) is 9.64. The first kappa shape index (κ1) is 16.6. The average Bonchev–Trinajstić information content (AvgIpc) is 3.34. The zero-order chi connectivity index (χ0) is 18.0. The molecule has 0 amide bonds. The summed E-state index contributed by atoms with van der Waals surface area (Å²) < 4.78 is 12.3. The van der Waals surface area contributed by atoms with Crippen LogP contribution in [-0.2, 0) is 11.3 Å². The first-order valence-electron chi connectivity index (χ1n) is 10.6. The van der Waals surface area contributed by atoms with Gasteiger partial charge in [0.25, 0.3) is 0 Å². The maximum Gasteiger partial charge on any atom is 0.145 e. The Morgan fingerprint density at radius 3 is 2.74 bits per heavy atom. The molecule has 4 aliphatic rings. The van der Waals surface area contributed by atoms with Crippen molar-refractivity contribution >= 4 is 11.6 Å². The lowest BCUT2D eigenvalue weighted by atomic mass is 9.64. The molecule has 2 bridgehead atoms. The van der Waals surface area contributed by atoms with Crippen LogP contribution in [0, 0.1) is 23.7 Å². The predicted molar refractivity (Wildman–Crippen MR) is 105 cm³/mol. The van der Waals surface area contributed by atoms with Crippen LogP contribution in [0.4, 0.5) is 0 Å². The van der Waals surface area contributed by atoms with Crippen molar-refractivity contribution in [3.8, 4) is 11.3 Å². The Morgan fingerprint density at radius 1 is 1.04 bits per heavy atom. The van der Waals surface area contributed by atoms with Gasteiger partial charge in [-0.2, -0.15) is 0 Å². The number of aromatic nitrogens is 1. The van der Waals surface area contributed by atoms with Gasteiger partial charge in [-0.05, 0) is 74.7 Å². The number of benzene rings is 1. The monoisotopic (exact) mass is 383 g/mol. The van der Waals surface area contributed by atoms with Crippen molar-refractivity contribution in [2.45, 2.75) is 63.6 Å². The van der Waals surface area contributed by atoms with Crippen molar-refractivity contribution in [1.29, 1.82) is 0 Å². The fourth-order valence-corrected chi connectivity index (χ4v) is 6.32. The van der Waals surface area contributed by atoms with E-state index in [1.165, 1.54) is 44.9 Å². The maximum atomic E-state index is 6.53. The minimum atomic E-state index is 0.396. The molecule has 0 radical (unpaired) electrons. The molecule has 4 fully saturated rings. The summed E-state index contributed by atoms with van der Waals surface area (Å²) in [4.78, 5) is 0. The van der Waals surface area contributed by atoms with Crippen LogP contribution in [0.1, 0.15) is 62.2 Å². The molecule has 6 rings (SSSR count). The van der Waals surface area contributed by atoms with E-state index < -0.39 is 0 Å². The van der Waals surface area contributed by atoms with E-state index in [0.717, 1.165) is 51.3 Å². The minimum absolute atomic E-state index is 0.396. The van der Waals surface area contributed by atoms with Crippen LogP contribution in [0.2, 0.25) is 5.02 Å². The number of hydrogen-bond donors (Lipinski definition) is 0. The lowest BCUT2D eigenvalue weighted by molar-refractivity contribution is -0.0206. The molecule has 0 spiro atoms. The summed E-state index contributed by atoms with van der Waals surface area (Å²) in [5.74, 6) is 5.42. The molecule has 3 nitrogen and oxygen atoms in total. The second-order valence-corrected chi connectivity index (χ2v) is 9.70. The van der Waals surface area contributed by atoms with Crippen molar-refractivity contribution < 1.29 is 9.26 Å². The third kappa shape index (κ3) is 2.86. The molecule has 5 atom stereocenters. The molecule has 142 valence electrons. The van der Waals surface area contributed by atoms with Crippen LogP contribution in [0.25, 0.3) is 11.3 Å². The number of halogens is 1. The van der Waals surface area contributed by atoms with E-state index in [1.54, 1.807) is 0 Å². The van der Waals surface area contributed by atoms with Crippen molar-refractivity contribution in [2.75, 3.05) is 0 Å². The quantitative estimate of drug-likeness (QED) is 0.615. The Labute approximate surface area is 165 Å². The predicted octanol–water partition coefficient (Wildman–Crippen LogP) is 6.21. The maximum absolute atomic E-state index is 6.53.